The van der Waals surface area contributed by atoms with Crippen LogP contribution < -0.4 is 9.47 Å². The van der Waals surface area contributed by atoms with Gasteiger partial charge in [0.15, 0.2) is 11.5 Å². The lowest BCUT2D eigenvalue weighted by Gasteiger charge is -2.09. The van der Waals surface area contributed by atoms with Gasteiger partial charge in [0.25, 0.3) is 0 Å². The molecule has 0 aliphatic carbocycles. The monoisotopic (exact) mass is 183 g/mol. The van der Waals surface area contributed by atoms with Crippen molar-refractivity contribution in [2.24, 2.45) is 0 Å². The molecule has 0 fully saturated rings. The van der Waals surface area contributed by atoms with E-state index in [1.165, 1.54) is 0 Å². The van der Waals surface area contributed by atoms with Gasteiger partial charge in [-0.25, -0.2) is 0 Å². The van der Waals surface area contributed by atoms with E-state index < -0.39 is 7.04 Å². The fraction of sp³-hybridized carbons (Fsp3) is 0.455. The highest BCUT2D eigenvalue weighted by atomic mass is 16.5. The summed E-state index contributed by atoms with van der Waals surface area (Å²) >= 11 is 0. The van der Waals surface area contributed by atoms with Crippen LogP contribution in [0.25, 0.3) is 0 Å². The molecule has 72 valence electrons. The van der Waals surface area contributed by atoms with E-state index in [4.69, 9.17) is 13.6 Å². The maximum absolute atomic E-state index is 7.05. The van der Waals surface area contributed by atoms with Crippen LogP contribution in [0.3, 0.4) is 0 Å². The number of rotatable bonds is 4. The highest BCUT2D eigenvalue weighted by molar-refractivity contribution is 5.42. The molecule has 1 aromatic carbocycles. The summed E-state index contributed by atoms with van der Waals surface area (Å²) in [4.78, 5) is 0. The molecule has 0 aromatic heterocycles. The number of aryl methyl sites for hydroxylation is 1. The van der Waals surface area contributed by atoms with Crippen molar-refractivity contribution in [3.8, 4) is 11.5 Å². The van der Waals surface area contributed by atoms with E-state index in [0.29, 0.717) is 12.4 Å². The van der Waals surface area contributed by atoms with E-state index in [1.807, 2.05) is 26.0 Å². The molecule has 0 aliphatic heterocycles. The minimum atomic E-state index is -2.44. The lowest BCUT2D eigenvalue weighted by Crippen LogP contribution is -1.96. The van der Waals surface area contributed by atoms with Crippen LogP contribution in [0.4, 0.5) is 0 Å². The number of benzene rings is 1. The van der Waals surface area contributed by atoms with Crippen LogP contribution in [0, 0.1) is 0 Å². The van der Waals surface area contributed by atoms with Crippen LogP contribution in [0.15, 0.2) is 18.2 Å². The molecule has 0 unspecified atom stereocenters. The van der Waals surface area contributed by atoms with Gasteiger partial charge in [0.05, 0.1) is 17.8 Å². The van der Waals surface area contributed by atoms with Gasteiger partial charge in [-0.05, 0) is 31.0 Å². The summed E-state index contributed by atoms with van der Waals surface area (Å²) in [6.45, 7) is 4.34. The van der Waals surface area contributed by atoms with Crippen molar-refractivity contribution >= 4 is 0 Å². The molecule has 0 saturated heterocycles. The van der Waals surface area contributed by atoms with E-state index >= 15 is 0 Å². The Kier molecular flexibility index (Phi) is 2.30. The molecular formula is C11H16O2. The third-order valence-corrected chi connectivity index (χ3v) is 1.83. The molecule has 2 heteroatoms. The van der Waals surface area contributed by atoms with Gasteiger partial charge in [0.2, 0.25) is 0 Å². The van der Waals surface area contributed by atoms with E-state index in [0.717, 1.165) is 12.0 Å². The average molecular weight is 183 g/mol. The van der Waals surface area contributed by atoms with Gasteiger partial charge in [-0.3, -0.25) is 0 Å². The zero-order valence-corrected chi connectivity index (χ0v) is 7.96. The molecule has 0 heterocycles. The Hall–Kier alpha value is -1.18. The second-order valence-electron chi connectivity index (χ2n) is 2.67. The maximum Gasteiger partial charge on any atom is 0.161 e. The van der Waals surface area contributed by atoms with Crippen molar-refractivity contribution in [3.63, 3.8) is 0 Å². The third-order valence-electron chi connectivity index (χ3n) is 1.83. The summed E-state index contributed by atoms with van der Waals surface area (Å²) < 4.78 is 31.4. The molecule has 0 amide bonds. The molecule has 2 nitrogen and oxygen atoms in total. The average Bonchev–Trinajstić information content (AvgIpc) is 2.19. The van der Waals surface area contributed by atoms with Crippen LogP contribution >= 0.6 is 0 Å². The van der Waals surface area contributed by atoms with Gasteiger partial charge in [0.1, 0.15) is 0 Å². The maximum atomic E-state index is 7.05. The Morgan fingerprint density at radius 1 is 1.31 bits per heavy atom. The Labute approximate surface area is 83.7 Å². The van der Waals surface area contributed by atoms with Gasteiger partial charge in [-0.1, -0.05) is 13.0 Å². The summed E-state index contributed by atoms with van der Waals surface area (Å²) in [5.41, 5.74) is 1.08. The highest BCUT2D eigenvalue weighted by Gasteiger charge is 2.03. The first kappa shape index (κ1) is 6.30. The SMILES string of the molecule is [2H]C([2H])([2H])Oc1ccc(CC)cc1OCC. The van der Waals surface area contributed by atoms with Crippen LogP contribution in [-0.4, -0.2) is 13.6 Å². The Morgan fingerprint density at radius 3 is 2.77 bits per heavy atom. The van der Waals surface area contributed by atoms with Crippen LogP contribution in [-0.2, 0) is 6.42 Å². The first-order valence-corrected chi connectivity index (χ1v) is 4.41. The van der Waals surface area contributed by atoms with Gasteiger partial charge in [0, 0.05) is 0 Å². The van der Waals surface area contributed by atoms with E-state index in [2.05, 4.69) is 0 Å². The fourth-order valence-corrected chi connectivity index (χ4v) is 1.13. The first-order valence-electron chi connectivity index (χ1n) is 5.91. The zero-order chi connectivity index (χ0) is 12.2. The minimum absolute atomic E-state index is 0.263. The molecule has 0 saturated carbocycles. The number of ether oxygens (including phenoxy) is 2. The molecule has 1 aromatic rings. The van der Waals surface area contributed by atoms with Crippen molar-refractivity contribution in [1.82, 2.24) is 0 Å². The lowest BCUT2D eigenvalue weighted by molar-refractivity contribution is 0.310. The van der Waals surface area contributed by atoms with Crippen molar-refractivity contribution in [2.45, 2.75) is 20.3 Å². The molecule has 0 bridgehead atoms. The van der Waals surface area contributed by atoms with Crippen molar-refractivity contribution in [2.75, 3.05) is 13.6 Å². The highest BCUT2D eigenvalue weighted by Crippen LogP contribution is 2.27. The Bertz CT molecular complexity index is 348. The predicted octanol–water partition coefficient (Wildman–Crippen LogP) is 2.66. The molecule has 0 spiro atoms. The summed E-state index contributed by atoms with van der Waals surface area (Å²) in [7, 11) is -2.44. The summed E-state index contributed by atoms with van der Waals surface area (Å²) in [5.74, 6) is 0.747. The summed E-state index contributed by atoms with van der Waals surface area (Å²) in [5, 5.41) is 0. The summed E-state index contributed by atoms with van der Waals surface area (Å²) in [6.07, 6.45) is 0.869. The van der Waals surface area contributed by atoms with E-state index in [1.54, 1.807) is 6.07 Å². The molecule has 0 radical (unpaired) electrons. The Balaban J connectivity index is 2.98. The van der Waals surface area contributed by atoms with Crippen LogP contribution in [0.1, 0.15) is 23.5 Å². The molecule has 0 aliphatic rings. The second-order valence-corrected chi connectivity index (χ2v) is 2.67. The van der Waals surface area contributed by atoms with Crippen LogP contribution in [0.2, 0.25) is 0 Å². The standard InChI is InChI=1S/C11H16O2/c1-4-9-6-7-10(12-3)11(8-9)13-5-2/h6-8H,4-5H2,1-3H3/i3D3. The van der Waals surface area contributed by atoms with Gasteiger partial charge in [-0.15, -0.1) is 0 Å². The fourth-order valence-electron chi connectivity index (χ4n) is 1.13. The largest absolute Gasteiger partial charge is 0.493 e. The lowest BCUT2D eigenvalue weighted by atomic mass is 10.1. The molecule has 1 rings (SSSR count). The molecular weight excluding hydrogens is 164 g/mol. The normalized spacial score (nSPS) is 14.2. The van der Waals surface area contributed by atoms with Crippen LogP contribution in [0.5, 0.6) is 11.5 Å². The Morgan fingerprint density at radius 2 is 2.15 bits per heavy atom. The minimum Gasteiger partial charge on any atom is -0.493 e. The number of hydrogen-bond acceptors (Lipinski definition) is 2. The third kappa shape index (κ3) is 2.38. The van der Waals surface area contributed by atoms with Crippen molar-refractivity contribution in [1.29, 1.82) is 0 Å². The second kappa shape index (κ2) is 4.75. The quantitative estimate of drug-likeness (QED) is 0.714. The van der Waals surface area contributed by atoms with E-state index in [-0.39, 0.29) is 5.75 Å². The van der Waals surface area contributed by atoms with Gasteiger partial charge >= 0.3 is 0 Å². The van der Waals surface area contributed by atoms with Gasteiger partial charge in [-0.2, -0.15) is 0 Å². The zero-order valence-electron chi connectivity index (χ0n) is 11.0. The van der Waals surface area contributed by atoms with Crippen molar-refractivity contribution in [3.05, 3.63) is 23.8 Å². The molecule has 0 N–H and O–H groups in total. The predicted molar refractivity (Wildman–Crippen MR) is 53.5 cm³/mol. The van der Waals surface area contributed by atoms with E-state index in [9.17, 15) is 0 Å². The molecule has 0 atom stereocenters. The first-order chi connectivity index (χ1) is 7.46. The van der Waals surface area contributed by atoms with Crippen molar-refractivity contribution < 1.29 is 13.6 Å². The topological polar surface area (TPSA) is 18.5 Å². The molecule has 13 heavy (non-hydrogen) atoms. The summed E-state index contributed by atoms with van der Waals surface area (Å²) in [6, 6.07) is 5.28. The van der Waals surface area contributed by atoms with Gasteiger partial charge < -0.3 is 9.47 Å². The number of hydrogen-bond donors (Lipinski definition) is 0. The smallest absolute Gasteiger partial charge is 0.161 e. The number of methoxy groups -OCH3 is 1.